The molecule has 0 fully saturated rings. The van der Waals surface area contributed by atoms with Crippen molar-refractivity contribution in [3.63, 3.8) is 0 Å². The molecule has 5 nitrogen and oxygen atoms in total. The van der Waals surface area contributed by atoms with Gasteiger partial charge in [0, 0.05) is 22.0 Å². The van der Waals surface area contributed by atoms with E-state index in [9.17, 15) is 9.59 Å². The van der Waals surface area contributed by atoms with Gasteiger partial charge < -0.3 is 10.1 Å². The fourth-order valence-electron chi connectivity index (χ4n) is 2.20. The van der Waals surface area contributed by atoms with Crippen molar-refractivity contribution in [1.82, 2.24) is 9.88 Å². The Balaban J connectivity index is 2.46. The van der Waals surface area contributed by atoms with Gasteiger partial charge in [0.05, 0.1) is 12.1 Å². The van der Waals surface area contributed by atoms with E-state index in [0.717, 1.165) is 15.4 Å². The molecule has 0 spiro atoms. The van der Waals surface area contributed by atoms with E-state index in [2.05, 4.69) is 21.2 Å². The highest BCUT2D eigenvalue weighted by Gasteiger charge is 2.22. The molecule has 23 heavy (non-hydrogen) atoms. The maximum absolute atomic E-state index is 12.6. The topological polar surface area (TPSA) is 60.3 Å². The van der Waals surface area contributed by atoms with Gasteiger partial charge in [-0.3, -0.25) is 4.79 Å². The van der Waals surface area contributed by atoms with Crippen molar-refractivity contribution in [2.24, 2.45) is 0 Å². The zero-order chi connectivity index (χ0) is 17.2. The second-order valence-electron chi connectivity index (χ2n) is 6.28. The number of carbonyl (C=O) groups excluding carboxylic acids is 2. The standard InChI is InChI=1S/C17H21BrN2O3/c1-5-15(21)19-10-13-8-11-6-7-12(18)9-14(11)20(13)16(22)23-17(2,3)4/h6-9H,5,10H2,1-4H3,(H,19,21). The first-order chi connectivity index (χ1) is 10.7. The number of fused-ring (bicyclic) bond motifs is 1. The Kier molecular flexibility index (Phi) is 5.14. The molecule has 2 rings (SSSR count). The van der Waals surface area contributed by atoms with E-state index in [-0.39, 0.29) is 12.5 Å². The van der Waals surface area contributed by atoms with Gasteiger partial charge in [-0.1, -0.05) is 28.9 Å². The molecule has 0 unspecified atom stereocenters. The summed E-state index contributed by atoms with van der Waals surface area (Å²) in [5.74, 6) is -0.0628. The molecule has 0 radical (unpaired) electrons. The minimum atomic E-state index is -0.594. The second-order valence-corrected chi connectivity index (χ2v) is 7.20. The Morgan fingerprint density at radius 2 is 1.96 bits per heavy atom. The number of nitrogens with one attached hydrogen (secondary N) is 1. The number of hydrogen-bond acceptors (Lipinski definition) is 3. The lowest BCUT2D eigenvalue weighted by atomic mass is 10.2. The summed E-state index contributed by atoms with van der Waals surface area (Å²) in [4.78, 5) is 24.1. The van der Waals surface area contributed by atoms with Crippen molar-refractivity contribution in [1.29, 1.82) is 0 Å². The predicted octanol–water partition coefficient (Wildman–Crippen LogP) is 4.21. The van der Waals surface area contributed by atoms with Gasteiger partial charge >= 0.3 is 6.09 Å². The average molecular weight is 381 g/mol. The highest BCUT2D eigenvalue weighted by atomic mass is 79.9. The number of hydrogen-bond donors (Lipinski definition) is 1. The number of ether oxygens (including phenoxy) is 1. The Bertz CT molecular complexity index is 744. The first-order valence-corrected chi connectivity index (χ1v) is 8.30. The van der Waals surface area contributed by atoms with Crippen LogP contribution < -0.4 is 5.32 Å². The normalized spacial score (nSPS) is 11.5. The summed E-state index contributed by atoms with van der Waals surface area (Å²) in [6.07, 6.45) is -0.0515. The summed E-state index contributed by atoms with van der Waals surface area (Å²) in [6, 6.07) is 7.59. The van der Waals surface area contributed by atoms with Crippen LogP contribution in [0.15, 0.2) is 28.7 Å². The first-order valence-electron chi connectivity index (χ1n) is 7.51. The molecule has 0 saturated heterocycles. The van der Waals surface area contributed by atoms with Crippen LogP contribution in [0.4, 0.5) is 4.79 Å². The van der Waals surface area contributed by atoms with Gasteiger partial charge in [0.15, 0.2) is 0 Å². The summed E-state index contributed by atoms with van der Waals surface area (Å²) in [5.41, 5.74) is 0.840. The molecule has 124 valence electrons. The van der Waals surface area contributed by atoms with E-state index in [1.54, 1.807) is 6.92 Å². The number of amides is 1. The molecule has 6 heteroatoms. The van der Waals surface area contributed by atoms with Gasteiger partial charge in [0.1, 0.15) is 5.60 Å². The summed E-state index contributed by atoms with van der Waals surface area (Å²) in [6.45, 7) is 7.54. The Hall–Kier alpha value is -1.82. The number of carbonyl (C=O) groups is 2. The molecular weight excluding hydrogens is 360 g/mol. The minimum Gasteiger partial charge on any atom is -0.443 e. The molecule has 0 aliphatic carbocycles. The Morgan fingerprint density at radius 3 is 2.57 bits per heavy atom. The molecule has 1 aromatic carbocycles. The number of benzene rings is 1. The number of aromatic nitrogens is 1. The number of nitrogens with zero attached hydrogens (tertiary/aromatic N) is 1. The minimum absolute atomic E-state index is 0.0628. The van der Waals surface area contributed by atoms with Gasteiger partial charge in [0.25, 0.3) is 0 Å². The quantitative estimate of drug-likeness (QED) is 0.866. The third-order valence-corrected chi connectivity index (χ3v) is 3.70. The highest BCUT2D eigenvalue weighted by molar-refractivity contribution is 9.10. The molecule has 0 bridgehead atoms. The molecule has 1 N–H and O–H groups in total. The van der Waals surface area contributed by atoms with Gasteiger partial charge in [-0.15, -0.1) is 0 Å². The maximum atomic E-state index is 12.6. The van der Waals surface area contributed by atoms with Crippen LogP contribution in [0.3, 0.4) is 0 Å². The third kappa shape index (κ3) is 4.34. The average Bonchev–Trinajstić information content (AvgIpc) is 2.80. The van der Waals surface area contributed by atoms with Crippen LogP contribution in [0.25, 0.3) is 10.9 Å². The Labute approximate surface area is 144 Å². The van der Waals surface area contributed by atoms with E-state index in [4.69, 9.17) is 4.74 Å². The van der Waals surface area contributed by atoms with Gasteiger partial charge in [0.2, 0.25) is 5.91 Å². The van der Waals surface area contributed by atoms with Gasteiger partial charge in [-0.05, 0) is 39.0 Å². The predicted molar refractivity (Wildman–Crippen MR) is 93.4 cm³/mol. The Morgan fingerprint density at radius 1 is 1.26 bits per heavy atom. The van der Waals surface area contributed by atoms with E-state index in [0.29, 0.717) is 12.1 Å². The van der Waals surface area contributed by atoms with E-state index in [1.807, 2.05) is 45.0 Å². The third-order valence-electron chi connectivity index (χ3n) is 3.21. The van der Waals surface area contributed by atoms with Crippen LogP contribution >= 0.6 is 15.9 Å². The molecule has 1 aromatic heterocycles. The molecule has 0 saturated carbocycles. The lowest BCUT2D eigenvalue weighted by Crippen LogP contribution is -2.30. The maximum Gasteiger partial charge on any atom is 0.419 e. The largest absolute Gasteiger partial charge is 0.443 e. The van der Waals surface area contributed by atoms with Crippen molar-refractivity contribution in [2.45, 2.75) is 46.3 Å². The zero-order valence-electron chi connectivity index (χ0n) is 13.8. The van der Waals surface area contributed by atoms with Crippen molar-refractivity contribution in [2.75, 3.05) is 0 Å². The molecule has 0 atom stereocenters. The monoisotopic (exact) mass is 380 g/mol. The number of rotatable bonds is 3. The van der Waals surface area contributed by atoms with Gasteiger partial charge in [-0.25, -0.2) is 9.36 Å². The van der Waals surface area contributed by atoms with Crippen LogP contribution in [0.1, 0.15) is 39.8 Å². The summed E-state index contributed by atoms with van der Waals surface area (Å²) in [5, 5.41) is 3.72. The fraction of sp³-hybridized carbons (Fsp3) is 0.412. The molecule has 0 aliphatic rings. The highest BCUT2D eigenvalue weighted by Crippen LogP contribution is 2.25. The molecule has 2 aromatic rings. The van der Waals surface area contributed by atoms with Crippen LogP contribution in [-0.4, -0.2) is 22.2 Å². The van der Waals surface area contributed by atoms with Crippen LogP contribution in [0, 0.1) is 0 Å². The van der Waals surface area contributed by atoms with E-state index >= 15 is 0 Å². The molecular formula is C17H21BrN2O3. The van der Waals surface area contributed by atoms with E-state index in [1.165, 1.54) is 4.57 Å². The summed E-state index contributed by atoms with van der Waals surface area (Å²) < 4.78 is 7.89. The van der Waals surface area contributed by atoms with E-state index < -0.39 is 11.7 Å². The molecule has 1 heterocycles. The fourth-order valence-corrected chi connectivity index (χ4v) is 2.55. The first kappa shape index (κ1) is 17.5. The van der Waals surface area contributed by atoms with Crippen molar-refractivity contribution in [3.05, 3.63) is 34.4 Å². The zero-order valence-corrected chi connectivity index (χ0v) is 15.4. The van der Waals surface area contributed by atoms with Crippen LogP contribution in [0.2, 0.25) is 0 Å². The number of halogens is 1. The lowest BCUT2D eigenvalue weighted by molar-refractivity contribution is -0.120. The molecule has 1 amide bonds. The van der Waals surface area contributed by atoms with Crippen molar-refractivity contribution >= 4 is 38.8 Å². The van der Waals surface area contributed by atoms with Crippen molar-refractivity contribution < 1.29 is 14.3 Å². The van der Waals surface area contributed by atoms with Crippen LogP contribution in [0.5, 0.6) is 0 Å². The lowest BCUT2D eigenvalue weighted by Gasteiger charge is -2.21. The smallest absolute Gasteiger partial charge is 0.419 e. The van der Waals surface area contributed by atoms with Gasteiger partial charge in [-0.2, -0.15) is 0 Å². The SMILES string of the molecule is CCC(=O)NCc1cc2ccc(Br)cc2n1C(=O)OC(C)(C)C. The second kappa shape index (κ2) is 6.74. The van der Waals surface area contributed by atoms with Crippen LogP contribution in [-0.2, 0) is 16.1 Å². The molecule has 0 aliphatic heterocycles. The van der Waals surface area contributed by atoms with Crippen molar-refractivity contribution in [3.8, 4) is 0 Å². The summed E-state index contributed by atoms with van der Waals surface area (Å²) >= 11 is 3.42. The summed E-state index contributed by atoms with van der Waals surface area (Å²) in [7, 11) is 0.